The minimum atomic E-state index is -3.24. The van der Waals surface area contributed by atoms with Gasteiger partial charge in [0, 0.05) is 9.92 Å². The molecule has 0 aliphatic carbocycles. The number of aliphatic carboxylic acids is 1. The van der Waals surface area contributed by atoms with Crippen molar-refractivity contribution >= 4 is 39.2 Å². The molecule has 0 fully saturated rings. The summed E-state index contributed by atoms with van der Waals surface area (Å²) in [5.41, 5.74) is 0. The van der Waals surface area contributed by atoms with Crippen LogP contribution in [0, 0.1) is 0 Å². The molecule has 24 heavy (non-hydrogen) atoms. The lowest BCUT2D eigenvalue weighted by atomic mass is 10.3. The molecule has 8 heteroatoms. The van der Waals surface area contributed by atoms with E-state index in [0.717, 1.165) is 4.90 Å². The van der Waals surface area contributed by atoms with Gasteiger partial charge in [0.2, 0.25) is 0 Å². The van der Waals surface area contributed by atoms with Gasteiger partial charge in [0.05, 0.1) is 15.5 Å². The van der Waals surface area contributed by atoms with E-state index in [9.17, 15) is 13.2 Å². The zero-order valence-electron chi connectivity index (χ0n) is 12.7. The molecule has 0 heterocycles. The van der Waals surface area contributed by atoms with Gasteiger partial charge in [0.15, 0.2) is 16.4 Å². The van der Waals surface area contributed by atoms with Crippen molar-refractivity contribution in [2.45, 2.75) is 21.6 Å². The van der Waals surface area contributed by atoms with Gasteiger partial charge in [-0.05, 0) is 42.5 Å². The minimum Gasteiger partial charge on any atom is -0.481 e. The smallest absolute Gasteiger partial charge is 0.341 e. The van der Waals surface area contributed by atoms with E-state index in [2.05, 4.69) is 0 Å². The van der Waals surface area contributed by atoms with Crippen LogP contribution in [0.4, 0.5) is 0 Å². The Balaban J connectivity index is 2.24. The molecule has 5 nitrogen and oxygen atoms in total. The van der Waals surface area contributed by atoms with Gasteiger partial charge in [-0.2, -0.15) is 0 Å². The van der Waals surface area contributed by atoms with Crippen molar-refractivity contribution in [2.75, 3.05) is 12.4 Å². The second kappa shape index (κ2) is 7.92. The monoisotopic (exact) mass is 386 g/mol. The van der Waals surface area contributed by atoms with Crippen LogP contribution < -0.4 is 4.74 Å². The van der Waals surface area contributed by atoms with Crippen molar-refractivity contribution in [3.8, 4) is 5.75 Å². The molecule has 0 spiro atoms. The van der Waals surface area contributed by atoms with Crippen molar-refractivity contribution in [1.82, 2.24) is 0 Å². The molecule has 2 rings (SSSR count). The van der Waals surface area contributed by atoms with Gasteiger partial charge in [-0.3, -0.25) is 0 Å². The first-order valence-corrected chi connectivity index (χ1v) is 9.81. The Morgan fingerprint density at radius 2 is 1.88 bits per heavy atom. The van der Waals surface area contributed by atoms with E-state index < -0.39 is 22.4 Å². The molecule has 0 saturated carbocycles. The molecule has 1 N–H and O–H groups in total. The SMILES string of the molecule is CCS(=O)(=O)c1ccc(Sc2cc(Cl)ccc2OCC(=O)O)cc1. The summed E-state index contributed by atoms with van der Waals surface area (Å²) in [7, 11) is -3.24. The number of carbonyl (C=O) groups is 1. The normalized spacial score (nSPS) is 11.2. The van der Waals surface area contributed by atoms with Crippen LogP contribution in [0.2, 0.25) is 5.02 Å². The third kappa shape index (κ3) is 4.90. The molecule has 128 valence electrons. The van der Waals surface area contributed by atoms with Gasteiger partial charge in [-0.25, -0.2) is 13.2 Å². The molecule has 0 unspecified atom stereocenters. The Kier molecular flexibility index (Phi) is 6.15. The van der Waals surface area contributed by atoms with Gasteiger partial charge < -0.3 is 9.84 Å². The highest BCUT2D eigenvalue weighted by Crippen LogP contribution is 2.37. The van der Waals surface area contributed by atoms with Crippen LogP contribution in [0.5, 0.6) is 5.75 Å². The predicted octanol–water partition coefficient (Wildman–Crippen LogP) is 3.75. The van der Waals surface area contributed by atoms with E-state index in [4.69, 9.17) is 21.4 Å². The first-order chi connectivity index (χ1) is 11.3. The second-order valence-electron chi connectivity index (χ2n) is 4.75. The van der Waals surface area contributed by atoms with Crippen molar-refractivity contribution in [2.24, 2.45) is 0 Å². The number of hydrogen-bond donors (Lipinski definition) is 1. The van der Waals surface area contributed by atoms with Crippen LogP contribution in [0.1, 0.15) is 6.92 Å². The lowest BCUT2D eigenvalue weighted by Crippen LogP contribution is -2.09. The average Bonchev–Trinajstić information content (AvgIpc) is 2.54. The molecule has 0 atom stereocenters. The van der Waals surface area contributed by atoms with Gasteiger partial charge in [-0.1, -0.05) is 30.3 Å². The molecule has 0 bridgehead atoms. The summed E-state index contributed by atoms with van der Waals surface area (Å²) < 4.78 is 28.9. The van der Waals surface area contributed by atoms with Crippen LogP contribution in [-0.2, 0) is 14.6 Å². The van der Waals surface area contributed by atoms with Crippen molar-refractivity contribution in [3.05, 3.63) is 47.5 Å². The second-order valence-corrected chi connectivity index (χ2v) is 8.58. The molecule has 0 aliphatic heterocycles. The minimum absolute atomic E-state index is 0.0426. The van der Waals surface area contributed by atoms with Gasteiger partial charge >= 0.3 is 5.97 Å². The van der Waals surface area contributed by atoms with Gasteiger partial charge in [0.1, 0.15) is 5.75 Å². The molecule has 2 aromatic rings. The number of sulfone groups is 1. The maximum Gasteiger partial charge on any atom is 0.341 e. The largest absolute Gasteiger partial charge is 0.481 e. The number of carboxylic acids is 1. The van der Waals surface area contributed by atoms with Crippen molar-refractivity contribution < 1.29 is 23.1 Å². The zero-order valence-corrected chi connectivity index (χ0v) is 15.1. The standard InChI is InChI=1S/C16H15ClO5S2/c1-2-24(20,21)13-6-4-12(5-7-13)23-15-9-11(17)3-8-14(15)22-10-16(18)19/h3-9H,2,10H2,1H3,(H,18,19). The Morgan fingerprint density at radius 1 is 1.21 bits per heavy atom. The summed E-state index contributed by atoms with van der Waals surface area (Å²) in [5.74, 6) is -0.631. The Morgan fingerprint density at radius 3 is 2.46 bits per heavy atom. The van der Waals surface area contributed by atoms with E-state index >= 15 is 0 Å². The molecular weight excluding hydrogens is 372 g/mol. The Hall–Kier alpha value is -1.70. The van der Waals surface area contributed by atoms with Gasteiger partial charge in [0.25, 0.3) is 0 Å². The summed E-state index contributed by atoms with van der Waals surface area (Å²) in [6.07, 6.45) is 0. The summed E-state index contributed by atoms with van der Waals surface area (Å²) in [6, 6.07) is 11.3. The van der Waals surface area contributed by atoms with Crippen molar-refractivity contribution in [1.29, 1.82) is 0 Å². The Labute approximate surface area is 149 Å². The maximum absolute atomic E-state index is 11.8. The van der Waals surface area contributed by atoms with E-state index in [-0.39, 0.29) is 10.6 Å². The average molecular weight is 387 g/mol. The fourth-order valence-electron chi connectivity index (χ4n) is 1.83. The van der Waals surface area contributed by atoms with E-state index in [1.807, 2.05) is 0 Å². The van der Waals surface area contributed by atoms with Crippen LogP contribution >= 0.6 is 23.4 Å². The van der Waals surface area contributed by atoms with Crippen molar-refractivity contribution in [3.63, 3.8) is 0 Å². The molecule has 0 aliphatic rings. The number of hydrogen-bond acceptors (Lipinski definition) is 5. The molecule has 2 aromatic carbocycles. The summed E-state index contributed by atoms with van der Waals surface area (Å²) in [6.45, 7) is 1.14. The first-order valence-electron chi connectivity index (χ1n) is 6.96. The number of carboxylic acid groups (broad SMARTS) is 1. The Bertz CT molecular complexity index is 832. The highest BCUT2D eigenvalue weighted by molar-refractivity contribution is 7.99. The number of benzene rings is 2. The summed E-state index contributed by atoms with van der Waals surface area (Å²) in [5, 5.41) is 9.22. The highest BCUT2D eigenvalue weighted by Gasteiger charge is 2.12. The highest BCUT2D eigenvalue weighted by atomic mass is 35.5. The third-order valence-corrected chi connectivity index (χ3v) is 6.08. The number of ether oxygens (including phenoxy) is 1. The fraction of sp³-hybridized carbons (Fsp3) is 0.188. The number of halogens is 1. The predicted molar refractivity (Wildman–Crippen MR) is 92.9 cm³/mol. The fourth-order valence-corrected chi connectivity index (χ4v) is 3.89. The first kappa shape index (κ1) is 18.6. The molecule has 0 aromatic heterocycles. The topological polar surface area (TPSA) is 80.7 Å². The van der Waals surface area contributed by atoms with Crippen LogP contribution in [0.15, 0.2) is 57.2 Å². The lowest BCUT2D eigenvalue weighted by Gasteiger charge is -2.10. The summed E-state index contributed by atoms with van der Waals surface area (Å²) >= 11 is 7.29. The van der Waals surface area contributed by atoms with E-state index in [1.165, 1.54) is 11.8 Å². The summed E-state index contributed by atoms with van der Waals surface area (Å²) in [4.78, 5) is 12.4. The van der Waals surface area contributed by atoms with Crippen LogP contribution in [-0.4, -0.2) is 31.9 Å². The lowest BCUT2D eigenvalue weighted by molar-refractivity contribution is -0.139. The number of rotatable bonds is 7. The van der Waals surface area contributed by atoms with E-state index in [1.54, 1.807) is 49.4 Å². The zero-order chi connectivity index (χ0) is 17.7. The third-order valence-electron chi connectivity index (χ3n) is 3.05. The van der Waals surface area contributed by atoms with Crippen LogP contribution in [0.3, 0.4) is 0 Å². The molecule has 0 radical (unpaired) electrons. The molecule has 0 saturated heterocycles. The maximum atomic E-state index is 11.8. The molecule has 0 amide bonds. The van der Waals surface area contributed by atoms with E-state index in [0.29, 0.717) is 15.7 Å². The molecular formula is C16H15ClO5S2. The van der Waals surface area contributed by atoms with Gasteiger partial charge in [-0.15, -0.1) is 0 Å². The quantitative estimate of drug-likeness (QED) is 0.780. The van der Waals surface area contributed by atoms with Crippen LogP contribution in [0.25, 0.3) is 0 Å².